The average Bonchev–Trinajstić information content (AvgIpc) is 2.97. The number of hydrogen-bond donors (Lipinski definition) is 3. The maximum atomic E-state index is 12.4. The fraction of sp³-hybridized carbons (Fsp3) is 0.294. The summed E-state index contributed by atoms with van der Waals surface area (Å²) in [6.07, 6.45) is 2.44. The molecule has 2 atom stereocenters. The van der Waals surface area contributed by atoms with E-state index in [2.05, 4.69) is 27.2 Å². The molecule has 3 N–H and O–H groups in total. The maximum absolute atomic E-state index is 12.4. The van der Waals surface area contributed by atoms with Gasteiger partial charge in [-0.2, -0.15) is 0 Å². The van der Waals surface area contributed by atoms with E-state index in [9.17, 15) is 4.79 Å². The number of rotatable bonds is 3. The lowest BCUT2D eigenvalue weighted by atomic mass is 10.1. The van der Waals surface area contributed by atoms with Crippen LogP contribution in [-0.2, 0) is 4.79 Å². The first-order valence-electron chi connectivity index (χ1n) is 7.43. The van der Waals surface area contributed by atoms with Crippen molar-refractivity contribution in [3.05, 3.63) is 59.4 Å². The molecule has 2 heterocycles. The third-order valence-electron chi connectivity index (χ3n) is 3.75. The van der Waals surface area contributed by atoms with Crippen LogP contribution in [-0.4, -0.2) is 16.9 Å². The molecular formula is C17H20N4O. The van der Waals surface area contributed by atoms with Gasteiger partial charge in [-0.3, -0.25) is 9.78 Å². The SMILES string of the molecule is Cc1cc(C)cc(NC(=O)C2CC(c3ccccn3)NN2)c1. The number of aromatic nitrogens is 1. The van der Waals surface area contributed by atoms with E-state index in [1.165, 1.54) is 0 Å². The lowest BCUT2D eigenvalue weighted by Crippen LogP contribution is -2.39. The predicted molar refractivity (Wildman–Crippen MR) is 86.2 cm³/mol. The van der Waals surface area contributed by atoms with Gasteiger partial charge in [0.15, 0.2) is 0 Å². The van der Waals surface area contributed by atoms with E-state index >= 15 is 0 Å². The molecule has 1 fully saturated rings. The van der Waals surface area contributed by atoms with Crippen molar-refractivity contribution in [2.75, 3.05) is 5.32 Å². The Hall–Kier alpha value is -2.24. The molecule has 3 rings (SSSR count). The molecule has 1 aromatic carbocycles. The van der Waals surface area contributed by atoms with Gasteiger partial charge in [-0.1, -0.05) is 12.1 Å². The number of anilines is 1. The highest BCUT2D eigenvalue weighted by molar-refractivity contribution is 5.95. The monoisotopic (exact) mass is 296 g/mol. The topological polar surface area (TPSA) is 66.0 Å². The van der Waals surface area contributed by atoms with Gasteiger partial charge in [-0.15, -0.1) is 0 Å². The van der Waals surface area contributed by atoms with Crippen molar-refractivity contribution >= 4 is 11.6 Å². The number of nitrogens with zero attached hydrogens (tertiary/aromatic N) is 1. The molecular weight excluding hydrogens is 276 g/mol. The molecule has 0 saturated carbocycles. The predicted octanol–water partition coefficient (Wildman–Crippen LogP) is 2.24. The summed E-state index contributed by atoms with van der Waals surface area (Å²) < 4.78 is 0. The van der Waals surface area contributed by atoms with Gasteiger partial charge >= 0.3 is 0 Å². The lowest BCUT2D eigenvalue weighted by molar-refractivity contribution is -0.117. The summed E-state index contributed by atoms with van der Waals surface area (Å²) in [6, 6.07) is 11.6. The summed E-state index contributed by atoms with van der Waals surface area (Å²) in [6.45, 7) is 4.05. The van der Waals surface area contributed by atoms with Crippen molar-refractivity contribution in [3.63, 3.8) is 0 Å². The molecule has 1 aromatic heterocycles. The Morgan fingerprint density at radius 3 is 2.64 bits per heavy atom. The van der Waals surface area contributed by atoms with Gasteiger partial charge in [-0.05, 0) is 55.7 Å². The standard InChI is InChI=1S/C17H20N4O/c1-11-7-12(2)9-13(8-11)19-17(22)16-10-15(20-21-16)14-5-3-4-6-18-14/h3-9,15-16,20-21H,10H2,1-2H3,(H,19,22). The normalized spacial score (nSPS) is 20.8. The van der Waals surface area contributed by atoms with Crippen LogP contribution in [0.15, 0.2) is 42.6 Å². The molecule has 0 aliphatic carbocycles. The number of aryl methyl sites for hydroxylation is 2. The fourth-order valence-corrected chi connectivity index (χ4v) is 2.78. The zero-order valence-corrected chi connectivity index (χ0v) is 12.8. The summed E-state index contributed by atoms with van der Waals surface area (Å²) in [5.41, 5.74) is 10.2. The number of carbonyl (C=O) groups excluding carboxylic acids is 1. The molecule has 1 amide bonds. The molecule has 5 nitrogen and oxygen atoms in total. The minimum Gasteiger partial charge on any atom is -0.325 e. The largest absolute Gasteiger partial charge is 0.325 e. The van der Waals surface area contributed by atoms with Gasteiger partial charge in [0.2, 0.25) is 5.91 Å². The number of carbonyl (C=O) groups is 1. The van der Waals surface area contributed by atoms with Gasteiger partial charge in [-0.25, -0.2) is 10.9 Å². The van der Waals surface area contributed by atoms with Gasteiger partial charge in [0, 0.05) is 11.9 Å². The van der Waals surface area contributed by atoms with E-state index in [0.29, 0.717) is 6.42 Å². The highest BCUT2D eigenvalue weighted by Crippen LogP contribution is 2.21. The highest BCUT2D eigenvalue weighted by Gasteiger charge is 2.30. The van der Waals surface area contributed by atoms with Crippen LogP contribution in [0.5, 0.6) is 0 Å². The second-order valence-electron chi connectivity index (χ2n) is 5.75. The highest BCUT2D eigenvalue weighted by atomic mass is 16.2. The Morgan fingerprint density at radius 2 is 1.95 bits per heavy atom. The van der Waals surface area contributed by atoms with E-state index in [0.717, 1.165) is 22.5 Å². The van der Waals surface area contributed by atoms with Gasteiger partial charge < -0.3 is 5.32 Å². The van der Waals surface area contributed by atoms with E-state index in [1.54, 1.807) is 6.20 Å². The van der Waals surface area contributed by atoms with Crippen molar-refractivity contribution < 1.29 is 4.79 Å². The van der Waals surface area contributed by atoms with Crippen LogP contribution in [0.4, 0.5) is 5.69 Å². The van der Waals surface area contributed by atoms with E-state index in [-0.39, 0.29) is 18.0 Å². The number of pyridine rings is 1. The number of benzene rings is 1. The molecule has 0 radical (unpaired) electrons. The molecule has 2 aromatic rings. The fourth-order valence-electron chi connectivity index (χ4n) is 2.78. The Morgan fingerprint density at radius 1 is 1.18 bits per heavy atom. The summed E-state index contributed by atoms with van der Waals surface area (Å²) in [4.78, 5) is 16.7. The summed E-state index contributed by atoms with van der Waals surface area (Å²) >= 11 is 0. The summed E-state index contributed by atoms with van der Waals surface area (Å²) in [5, 5.41) is 2.98. The Balaban J connectivity index is 1.64. The minimum atomic E-state index is -0.271. The summed E-state index contributed by atoms with van der Waals surface area (Å²) in [7, 11) is 0. The van der Waals surface area contributed by atoms with Crippen molar-refractivity contribution in [1.82, 2.24) is 15.8 Å². The zero-order valence-electron chi connectivity index (χ0n) is 12.8. The molecule has 1 aliphatic heterocycles. The molecule has 1 saturated heterocycles. The van der Waals surface area contributed by atoms with Crippen molar-refractivity contribution in [3.8, 4) is 0 Å². The van der Waals surface area contributed by atoms with Crippen LogP contribution in [0.2, 0.25) is 0 Å². The van der Waals surface area contributed by atoms with Crippen molar-refractivity contribution in [1.29, 1.82) is 0 Å². The summed E-state index contributed by atoms with van der Waals surface area (Å²) in [5.74, 6) is -0.0315. The molecule has 114 valence electrons. The molecule has 2 unspecified atom stereocenters. The van der Waals surface area contributed by atoms with Crippen LogP contribution in [0.3, 0.4) is 0 Å². The maximum Gasteiger partial charge on any atom is 0.242 e. The van der Waals surface area contributed by atoms with E-state index in [4.69, 9.17) is 0 Å². The second kappa shape index (κ2) is 6.25. The third kappa shape index (κ3) is 3.32. The molecule has 0 bridgehead atoms. The van der Waals surface area contributed by atoms with Crippen molar-refractivity contribution in [2.24, 2.45) is 0 Å². The van der Waals surface area contributed by atoms with Gasteiger partial charge in [0.1, 0.15) is 6.04 Å². The van der Waals surface area contributed by atoms with Crippen LogP contribution in [0.1, 0.15) is 29.3 Å². The molecule has 0 spiro atoms. The number of amides is 1. The van der Waals surface area contributed by atoms with Crippen LogP contribution in [0, 0.1) is 13.8 Å². The minimum absolute atomic E-state index is 0.0315. The van der Waals surface area contributed by atoms with Crippen LogP contribution in [0.25, 0.3) is 0 Å². The van der Waals surface area contributed by atoms with E-state index < -0.39 is 0 Å². The quantitative estimate of drug-likeness (QED) is 0.813. The van der Waals surface area contributed by atoms with Crippen LogP contribution < -0.4 is 16.2 Å². The first-order chi connectivity index (χ1) is 10.6. The molecule has 1 aliphatic rings. The average molecular weight is 296 g/mol. The van der Waals surface area contributed by atoms with Crippen molar-refractivity contribution in [2.45, 2.75) is 32.4 Å². The number of nitrogens with one attached hydrogen (secondary N) is 3. The first-order valence-corrected chi connectivity index (χ1v) is 7.43. The van der Waals surface area contributed by atoms with Crippen LogP contribution >= 0.6 is 0 Å². The van der Waals surface area contributed by atoms with Gasteiger partial charge in [0.25, 0.3) is 0 Å². The Bertz CT molecular complexity index is 651. The number of hydrogen-bond acceptors (Lipinski definition) is 4. The second-order valence-corrected chi connectivity index (χ2v) is 5.75. The third-order valence-corrected chi connectivity index (χ3v) is 3.75. The van der Waals surface area contributed by atoms with E-state index in [1.807, 2.05) is 44.2 Å². The Kier molecular flexibility index (Phi) is 4.18. The molecule has 5 heteroatoms. The lowest BCUT2D eigenvalue weighted by Gasteiger charge is -2.12. The first kappa shape index (κ1) is 14.7. The number of hydrazine groups is 1. The van der Waals surface area contributed by atoms with Gasteiger partial charge in [0.05, 0.1) is 11.7 Å². The Labute approximate surface area is 130 Å². The smallest absolute Gasteiger partial charge is 0.242 e. The molecule has 22 heavy (non-hydrogen) atoms. The zero-order chi connectivity index (χ0) is 15.5.